The molecule has 5 heteroatoms. The largest absolute Gasteiger partial charge is 0.480 e. The summed E-state index contributed by atoms with van der Waals surface area (Å²) < 4.78 is 0. The van der Waals surface area contributed by atoms with Crippen molar-refractivity contribution in [1.82, 2.24) is 4.90 Å². The Morgan fingerprint density at radius 3 is 1.73 bits per heavy atom. The predicted octanol–water partition coefficient (Wildman–Crippen LogP) is 0.881. The second kappa shape index (κ2) is 5.48. The summed E-state index contributed by atoms with van der Waals surface area (Å²) in [6.07, 6.45) is 0.272. The molecular formula is C10H17NO4. The third-order valence-electron chi connectivity index (χ3n) is 1.97. The summed E-state index contributed by atoms with van der Waals surface area (Å²) in [5, 5.41) is 8.94. The number of rotatable bonds is 4. The Bertz CT molecular complexity index is 259. The first-order valence-corrected chi connectivity index (χ1v) is 4.80. The third-order valence-corrected chi connectivity index (χ3v) is 1.97. The minimum Gasteiger partial charge on any atom is -0.480 e. The number of carbonyl (C=O) groups excluding carboxylic acids is 2. The molecule has 0 radical (unpaired) electrons. The SMILES string of the molecule is CC(=O)N(C(C)=O)[C@@H](CC(C)C)C(=O)O. The van der Waals surface area contributed by atoms with E-state index in [0.717, 1.165) is 4.90 Å². The van der Waals surface area contributed by atoms with E-state index >= 15 is 0 Å². The Morgan fingerprint density at radius 1 is 1.13 bits per heavy atom. The van der Waals surface area contributed by atoms with Gasteiger partial charge in [-0.2, -0.15) is 0 Å². The van der Waals surface area contributed by atoms with E-state index in [1.165, 1.54) is 13.8 Å². The molecule has 2 amide bonds. The van der Waals surface area contributed by atoms with Crippen molar-refractivity contribution in [2.45, 2.75) is 40.2 Å². The van der Waals surface area contributed by atoms with Crippen LogP contribution in [0.3, 0.4) is 0 Å². The highest BCUT2D eigenvalue weighted by atomic mass is 16.4. The van der Waals surface area contributed by atoms with Crippen LogP contribution in [0.5, 0.6) is 0 Å². The Morgan fingerprint density at radius 2 is 1.53 bits per heavy atom. The van der Waals surface area contributed by atoms with E-state index < -0.39 is 23.8 Å². The fourth-order valence-electron chi connectivity index (χ4n) is 1.42. The van der Waals surface area contributed by atoms with E-state index in [4.69, 9.17) is 5.11 Å². The second-order valence-corrected chi connectivity index (χ2v) is 3.89. The molecule has 86 valence electrons. The lowest BCUT2D eigenvalue weighted by molar-refractivity contribution is -0.157. The van der Waals surface area contributed by atoms with Gasteiger partial charge in [0, 0.05) is 13.8 Å². The van der Waals surface area contributed by atoms with Crippen molar-refractivity contribution in [2.24, 2.45) is 5.92 Å². The number of hydrogen-bond acceptors (Lipinski definition) is 3. The summed E-state index contributed by atoms with van der Waals surface area (Å²) in [7, 11) is 0. The highest BCUT2D eigenvalue weighted by Gasteiger charge is 2.31. The number of aliphatic carboxylic acids is 1. The maximum atomic E-state index is 11.2. The van der Waals surface area contributed by atoms with Crippen molar-refractivity contribution in [3.05, 3.63) is 0 Å². The first-order valence-electron chi connectivity index (χ1n) is 4.80. The van der Waals surface area contributed by atoms with Gasteiger partial charge in [0.2, 0.25) is 11.8 Å². The summed E-state index contributed by atoms with van der Waals surface area (Å²) in [5.41, 5.74) is 0. The van der Waals surface area contributed by atoms with Gasteiger partial charge >= 0.3 is 5.97 Å². The van der Waals surface area contributed by atoms with Crippen molar-refractivity contribution < 1.29 is 19.5 Å². The molecule has 1 atom stereocenters. The van der Waals surface area contributed by atoms with Gasteiger partial charge in [-0.3, -0.25) is 14.5 Å². The highest BCUT2D eigenvalue weighted by molar-refractivity contribution is 5.97. The van der Waals surface area contributed by atoms with Gasteiger partial charge in [0.15, 0.2) is 0 Å². The maximum absolute atomic E-state index is 11.2. The van der Waals surface area contributed by atoms with Crippen molar-refractivity contribution in [1.29, 1.82) is 0 Å². The normalized spacial score (nSPS) is 12.3. The van der Waals surface area contributed by atoms with Crippen LogP contribution in [0.4, 0.5) is 0 Å². The van der Waals surface area contributed by atoms with Crippen LogP contribution in [-0.2, 0) is 14.4 Å². The number of carboxylic acids is 1. The van der Waals surface area contributed by atoms with Crippen LogP contribution >= 0.6 is 0 Å². The quantitative estimate of drug-likeness (QED) is 0.755. The maximum Gasteiger partial charge on any atom is 0.326 e. The zero-order valence-corrected chi connectivity index (χ0v) is 9.48. The molecule has 0 heterocycles. The number of imide groups is 1. The summed E-state index contributed by atoms with van der Waals surface area (Å²) in [4.78, 5) is 34.0. The van der Waals surface area contributed by atoms with Gasteiger partial charge in [-0.05, 0) is 12.3 Å². The number of hydrogen-bond donors (Lipinski definition) is 1. The zero-order valence-electron chi connectivity index (χ0n) is 9.48. The lowest BCUT2D eigenvalue weighted by Gasteiger charge is -2.26. The molecule has 0 aromatic carbocycles. The molecule has 0 unspecified atom stereocenters. The van der Waals surface area contributed by atoms with Crippen molar-refractivity contribution in [2.75, 3.05) is 0 Å². The van der Waals surface area contributed by atoms with E-state index in [-0.39, 0.29) is 12.3 Å². The van der Waals surface area contributed by atoms with Gasteiger partial charge in [-0.1, -0.05) is 13.8 Å². The Hall–Kier alpha value is -1.39. The molecule has 0 spiro atoms. The fraction of sp³-hybridized carbons (Fsp3) is 0.700. The predicted molar refractivity (Wildman–Crippen MR) is 54.1 cm³/mol. The smallest absolute Gasteiger partial charge is 0.326 e. The average Bonchev–Trinajstić information content (AvgIpc) is 2.00. The highest BCUT2D eigenvalue weighted by Crippen LogP contribution is 2.12. The van der Waals surface area contributed by atoms with Crippen molar-refractivity contribution in [3.8, 4) is 0 Å². The van der Waals surface area contributed by atoms with E-state index in [2.05, 4.69) is 0 Å². The first kappa shape index (κ1) is 13.6. The van der Waals surface area contributed by atoms with Gasteiger partial charge < -0.3 is 5.11 Å². The van der Waals surface area contributed by atoms with Crippen molar-refractivity contribution >= 4 is 17.8 Å². The van der Waals surface area contributed by atoms with Gasteiger partial charge in [0.25, 0.3) is 0 Å². The molecule has 0 aliphatic carbocycles. The lowest BCUT2D eigenvalue weighted by Crippen LogP contribution is -2.47. The lowest BCUT2D eigenvalue weighted by atomic mass is 10.0. The van der Waals surface area contributed by atoms with Crippen LogP contribution in [-0.4, -0.2) is 33.8 Å². The first-order chi connectivity index (χ1) is 6.77. The van der Waals surface area contributed by atoms with Crippen LogP contribution in [0.1, 0.15) is 34.1 Å². The molecule has 5 nitrogen and oxygen atoms in total. The molecule has 0 bridgehead atoms. The van der Waals surface area contributed by atoms with E-state index in [1.807, 2.05) is 13.8 Å². The van der Waals surface area contributed by atoms with Gasteiger partial charge in [0.05, 0.1) is 0 Å². The molecule has 0 rings (SSSR count). The van der Waals surface area contributed by atoms with Crippen LogP contribution in [0, 0.1) is 5.92 Å². The summed E-state index contributed by atoms with van der Waals surface area (Å²) in [6.45, 7) is 6.07. The minimum atomic E-state index is -1.14. The Labute approximate surface area is 89.1 Å². The molecule has 15 heavy (non-hydrogen) atoms. The van der Waals surface area contributed by atoms with Crippen LogP contribution in [0.2, 0.25) is 0 Å². The Kier molecular flexibility index (Phi) is 4.97. The molecule has 1 N–H and O–H groups in total. The summed E-state index contributed by atoms with van der Waals surface area (Å²) >= 11 is 0. The number of nitrogens with zero attached hydrogens (tertiary/aromatic N) is 1. The number of carboxylic acid groups (broad SMARTS) is 1. The van der Waals surface area contributed by atoms with Gasteiger partial charge in [-0.25, -0.2) is 4.79 Å². The van der Waals surface area contributed by atoms with E-state index in [0.29, 0.717) is 0 Å². The zero-order chi connectivity index (χ0) is 12.2. The average molecular weight is 215 g/mol. The van der Waals surface area contributed by atoms with Crippen LogP contribution in [0.15, 0.2) is 0 Å². The summed E-state index contributed by atoms with van der Waals surface area (Å²) in [5.74, 6) is -2.10. The van der Waals surface area contributed by atoms with Crippen LogP contribution in [0.25, 0.3) is 0 Å². The second-order valence-electron chi connectivity index (χ2n) is 3.89. The third kappa shape index (κ3) is 4.10. The number of carbonyl (C=O) groups is 3. The van der Waals surface area contributed by atoms with Gasteiger partial charge in [0.1, 0.15) is 6.04 Å². The van der Waals surface area contributed by atoms with Crippen LogP contribution < -0.4 is 0 Å². The monoisotopic (exact) mass is 215 g/mol. The van der Waals surface area contributed by atoms with E-state index in [9.17, 15) is 14.4 Å². The van der Waals surface area contributed by atoms with E-state index in [1.54, 1.807) is 0 Å². The topological polar surface area (TPSA) is 74.7 Å². The molecule has 0 fully saturated rings. The fourth-order valence-corrected chi connectivity index (χ4v) is 1.42. The minimum absolute atomic E-state index is 0.104. The molecule has 0 aliphatic heterocycles. The molecular weight excluding hydrogens is 198 g/mol. The molecule has 0 saturated carbocycles. The molecule has 0 aromatic heterocycles. The summed E-state index contributed by atoms with van der Waals surface area (Å²) in [6, 6.07) is -1.06. The Balaban J connectivity index is 4.92. The molecule has 0 saturated heterocycles. The standard InChI is InChI=1S/C10H17NO4/c1-6(2)5-9(10(14)15)11(7(3)12)8(4)13/h6,9H,5H2,1-4H3,(H,14,15)/t9-/m0/s1. The van der Waals surface area contributed by atoms with Gasteiger partial charge in [-0.15, -0.1) is 0 Å². The molecule has 0 aliphatic rings. The molecule has 0 aromatic rings. The van der Waals surface area contributed by atoms with Crippen molar-refractivity contribution in [3.63, 3.8) is 0 Å². The number of amides is 2.